The minimum Gasteiger partial charge on any atom is -0.300 e. The van der Waals surface area contributed by atoms with Crippen molar-refractivity contribution < 1.29 is 13.2 Å². The monoisotopic (exact) mass is 405 g/mol. The molecular formula is C18H16BrNO3S. The predicted molar refractivity (Wildman–Crippen MR) is 98.8 cm³/mol. The van der Waals surface area contributed by atoms with Crippen LogP contribution in [0.15, 0.2) is 64.5 Å². The Kier molecular flexibility index (Phi) is 4.60. The van der Waals surface area contributed by atoms with Crippen LogP contribution in [0.25, 0.3) is 0 Å². The van der Waals surface area contributed by atoms with Crippen molar-refractivity contribution in [2.45, 2.75) is 13.0 Å². The molecule has 2 aromatic rings. The van der Waals surface area contributed by atoms with E-state index in [-0.39, 0.29) is 11.7 Å². The SMILES string of the molecule is Cc1ccc(N(C(=O)c2ccc(Br)cc2)C2C=CS(=O)(=O)C2)cc1. The van der Waals surface area contributed by atoms with E-state index in [1.807, 2.05) is 31.2 Å². The molecule has 3 rings (SSSR count). The Morgan fingerprint density at radius 1 is 1.08 bits per heavy atom. The Morgan fingerprint density at radius 3 is 2.25 bits per heavy atom. The number of hydrogen-bond donors (Lipinski definition) is 0. The zero-order chi connectivity index (χ0) is 17.3. The molecule has 1 atom stereocenters. The van der Waals surface area contributed by atoms with Gasteiger partial charge in [0.1, 0.15) is 0 Å². The van der Waals surface area contributed by atoms with Gasteiger partial charge in [-0.15, -0.1) is 0 Å². The molecule has 124 valence electrons. The number of benzene rings is 2. The Hall–Kier alpha value is -1.92. The van der Waals surface area contributed by atoms with Crippen molar-refractivity contribution >= 4 is 37.4 Å². The lowest BCUT2D eigenvalue weighted by molar-refractivity contribution is 0.0983. The first kappa shape index (κ1) is 16.9. The Balaban J connectivity index is 2.01. The van der Waals surface area contributed by atoms with Crippen LogP contribution in [0.5, 0.6) is 0 Å². The molecule has 0 radical (unpaired) electrons. The second-order valence-electron chi connectivity index (χ2n) is 5.74. The highest BCUT2D eigenvalue weighted by Gasteiger charge is 2.31. The van der Waals surface area contributed by atoms with Gasteiger partial charge in [-0.2, -0.15) is 0 Å². The molecule has 0 aromatic heterocycles. The van der Waals surface area contributed by atoms with Crippen LogP contribution in [0, 0.1) is 6.92 Å². The summed E-state index contributed by atoms with van der Waals surface area (Å²) in [6, 6.07) is 14.0. The average molecular weight is 406 g/mol. The van der Waals surface area contributed by atoms with Crippen molar-refractivity contribution in [3.63, 3.8) is 0 Å². The maximum absolute atomic E-state index is 13.0. The minimum absolute atomic E-state index is 0.0941. The van der Waals surface area contributed by atoms with E-state index in [1.54, 1.807) is 35.2 Å². The number of anilines is 1. The summed E-state index contributed by atoms with van der Waals surface area (Å²) in [5.74, 6) is -0.318. The van der Waals surface area contributed by atoms with E-state index in [1.165, 1.54) is 5.41 Å². The van der Waals surface area contributed by atoms with Crippen LogP contribution < -0.4 is 4.90 Å². The molecule has 1 unspecified atom stereocenters. The molecule has 0 bridgehead atoms. The zero-order valence-electron chi connectivity index (χ0n) is 13.0. The first-order valence-electron chi connectivity index (χ1n) is 7.42. The molecule has 0 N–H and O–H groups in total. The summed E-state index contributed by atoms with van der Waals surface area (Å²) in [6.07, 6.45) is 1.58. The summed E-state index contributed by atoms with van der Waals surface area (Å²) in [4.78, 5) is 14.6. The highest BCUT2D eigenvalue weighted by Crippen LogP contribution is 2.25. The van der Waals surface area contributed by atoms with Crippen molar-refractivity contribution in [1.29, 1.82) is 0 Å². The van der Waals surface area contributed by atoms with Gasteiger partial charge in [0.15, 0.2) is 9.84 Å². The number of amides is 1. The van der Waals surface area contributed by atoms with Crippen molar-refractivity contribution in [2.75, 3.05) is 10.7 Å². The van der Waals surface area contributed by atoms with Gasteiger partial charge in [0, 0.05) is 21.1 Å². The standard InChI is InChI=1S/C18H16BrNO3S/c1-13-2-8-16(9-3-13)20(17-10-11-24(22,23)12-17)18(21)14-4-6-15(19)7-5-14/h2-11,17H,12H2,1H3. The smallest absolute Gasteiger partial charge is 0.258 e. The number of rotatable bonds is 3. The van der Waals surface area contributed by atoms with Gasteiger partial charge < -0.3 is 4.90 Å². The topological polar surface area (TPSA) is 54.5 Å². The predicted octanol–water partition coefficient (Wildman–Crippen LogP) is 3.72. The molecule has 1 aliphatic rings. The molecule has 6 heteroatoms. The van der Waals surface area contributed by atoms with Crippen molar-refractivity contribution in [3.8, 4) is 0 Å². The molecule has 0 saturated carbocycles. The summed E-state index contributed by atoms with van der Waals surface area (Å²) >= 11 is 3.35. The molecule has 2 aromatic carbocycles. The van der Waals surface area contributed by atoms with Gasteiger partial charge in [-0.3, -0.25) is 4.79 Å². The number of hydrogen-bond acceptors (Lipinski definition) is 3. The summed E-state index contributed by atoms with van der Waals surface area (Å²) in [5, 5.41) is 1.19. The summed E-state index contributed by atoms with van der Waals surface area (Å²) < 4.78 is 24.5. The molecule has 0 spiro atoms. The molecule has 1 amide bonds. The highest BCUT2D eigenvalue weighted by atomic mass is 79.9. The summed E-state index contributed by atoms with van der Waals surface area (Å²) in [5.41, 5.74) is 2.26. The normalized spacial score (nSPS) is 18.5. The molecule has 1 aliphatic heterocycles. The average Bonchev–Trinajstić information content (AvgIpc) is 2.90. The van der Waals surface area contributed by atoms with Crippen molar-refractivity contribution in [2.24, 2.45) is 0 Å². The van der Waals surface area contributed by atoms with Gasteiger partial charge in [0.2, 0.25) is 0 Å². The van der Waals surface area contributed by atoms with E-state index in [0.717, 1.165) is 10.0 Å². The number of sulfone groups is 1. The number of carbonyl (C=O) groups excluding carboxylic acids is 1. The fourth-order valence-electron chi connectivity index (χ4n) is 2.62. The molecule has 24 heavy (non-hydrogen) atoms. The van der Waals surface area contributed by atoms with Gasteiger partial charge in [-0.1, -0.05) is 33.6 Å². The van der Waals surface area contributed by atoms with E-state index in [9.17, 15) is 13.2 Å². The third-order valence-electron chi connectivity index (χ3n) is 3.86. The Bertz CT molecular complexity index is 887. The van der Waals surface area contributed by atoms with Crippen molar-refractivity contribution in [3.05, 3.63) is 75.6 Å². The van der Waals surface area contributed by atoms with Gasteiger partial charge in [0.05, 0.1) is 11.8 Å². The van der Waals surface area contributed by atoms with Gasteiger partial charge in [0.25, 0.3) is 5.91 Å². The van der Waals surface area contributed by atoms with Crippen molar-refractivity contribution in [1.82, 2.24) is 0 Å². The zero-order valence-corrected chi connectivity index (χ0v) is 15.4. The van der Waals surface area contributed by atoms with Crippen LogP contribution >= 0.6 is 15.9 Å². The summed E-state index contributed by atoms with van der Waals surface area (Å²) in [7, 11) is -3.26. The van der Waals surface area contributed by atoms with E-state index in [0.29, 0.717) is 11.3 Å². The Morgan fingerprint density at radius 2 is 1.71 bits per heavy atom. The van der Waals surface area contributed by atoms with Crippen LogP contribution in [-0.2, 0) is 9.84 Å². The molecule has 1 heterocycles. The lowest BCUT2D eigenvalue weighted by Gasteiger charge is -2.28. The summed E-state index contributed by atoms with van der Waals surface area (Å²) in [6.45, 7) is 1.96. The van der Waals surface area contributed by atoms with Gasteiger partial charge >= 0.3 is 0 Å². The lowest BCUT2D eigenvalue weighted by atomic mass is 10.1. The maximum atomic E-state index is 13.0. The number of nitrogens with zero attached hydrogens (tertiary/aromatic N) is 1. The first-order valence-corrected chi connectivity index (χ1v) is 9.93. The molecule has 0 saturated heterocycles. The quantitative estimate of drug-likeness (QED) is 0.781. The second-order valence-corrected chi connectivity index (χ2v) is 8.59. The van der Waals surface area contributed by atoms with Crippen LogP contribution in [0.4, 0.5) is 5.69 Å². The molecular weight excluding hydrogens is 390 g/mol. The third-order valence-corrected chi connectivity index (χ3v) is 5.77. The number of carbonyl (C=O) groups is 1. The van der Waals surface area contributed by atoms with Crippen LogP contribution in [0.3, 0.4) is 0 Å². The number of halogens is 1. The van der Waals surface area contributed by atoms with E-state index < -0.39 is 15.9 Å². The Labute approximate surface area is 149 Å². The molecule has 4 nitrogen and oxygen atoms in total. The van der Waals surface area contributed by atoms with Gasteiger partial charge in [-0.05, 0) is 49.4 Å². The van der Waals surface area contributed by atoms with Crippen LogP contribution in [-0.4, -0.2) is 26.1 Å². The van der Waals surface area contributed by atoms with Crippen LogP contribution in [0.2, 0.25) is 0 Å². The lowest BCUT2D eigenvalue weighted by Crippen LogP contribution is -2.41. The number of aryl methyl sites for hydroxylation is 1. The van der Waals surface area contributed by atoms with E-state index in [4.69, 9.17) is 0 Å². The van der Waals surface area contributed by atoms with Gasteiger partial charge in [-0.25, -0.2) is 8.42 Å². The molecule has 0 aliphatic carbocycles. The van der Waals surface area contributed by atoms with E-state index >= 15 is 0 Å². The second kappa shape index (κ2) is 6.53. The fourth-order valence-corrected chi connectivity index (χ4v) is 4.15. The van der Waals surface area contributed by atoms with Crippen LogP contribution in [0.1, 0.15) is 15.9 Å². The van der Waals surface area contributed by atoms with E-state index in [2.05, 4.69) is 15.9 Å². The fraction of sp³-hybridized carbons (Fsp3) is 0.167. The third kappa shape index (κ3) is 3.60. The largest absolute Gasteiger partial charge is 0.300 e. The maximum Gasteiger partial charge on any atom is 0.258 e. The first-order chi connectivity index (χ1) is 11.4. The molecule has 0 fully saturated rings. The highest BCUT2D eigenvalue weighted by molar-refractivity contribution is 9.10. The minimum atomic E-state index is -3.26.